The van der Waals surface area contributed by atoms with Gasteiger partial charge < -0.3 is 10.0 Å². The molecule has 7 heteroatoms. The van der Waals surface area contributed by atoms with Crippen molar-refractivity contribution < 1.29 is 24.7 Å². The van der Waals surface area contributed by atoms with E-state index in [4.69, 9.17) is 5.21 Å². The Labute approximate surface area is 185 Å². The molecule has 1 atom stereocenters. The molecule has 32 heavy (non-hydrogen) atoms. The van der Waals surface area contributed by atoms with Gasteiger partial charge in [-0.1, -0.05) is 60.7 Å². The van der Waals surface area contributed by atoms with E-state index >= 15 is 0 Å². The Morgan fingerprint density at radius 3 is 2.19 bits per heavy atom. The number of hydrogen-bond acceptors (Lipinski definition) is 4. The molecule has 0 heterocycles. The minimum Gasteiger partial charge on any atom is -0.481 e. The van der Waals surface area contributed by atoms with Crippen LogP contribution in [0.4, 0.5) is 0 Å². The van der Waals surface area contributed by atoms with Gasteiger partial charge in [0.15, 0.2) is 0 Å². The van der Waals surface area contributed by atoms with E-state index in [1.165, 1.54) is 5.48 Å². The standard InChI is InChI=1S/C25H24N2O5/c1-27(24(29)20-7-3-2-4-8-20)16-18-6-5-9-21(14-18)19-12-10-17(11-13-19)15-22(25(30)31)23(28)26-32/h2-14,22,32H,15-16H2,1H3,(H,26,28)(H,30,31). The van der Waals surface area contributed by atoms with Crippen molar-refractivity contribution in [3.63, 3.8) is 0 Å². The van der Waals surface area contributed by atoms with Crippen LogP contribution in [-0.4, -0.2) is 40.0 Å². The largest absolute Gasteiger partial charge is 0.481 e. The summed E-state index contributed by atoms with van der Waals surface area (Å²) in [6, 6.07) is 24.2. The lowest BCUT2D eigenvalue weighted by molar-refractivity contribution is -0.150. The molecule has 1 unspecified atom stereocenters. The van der Waals surface area contributed by atoms with Crippen molar-refractivity contribution in [1.29, 1.82) is 0 Å². The first-order chi connectivity index (χ1) is 15.4. The third-order valence-electron chi connectivity index (χ3n) is 5.17. The predicted octanol–water partition coefficient (Wildman–Crippen LogP) is 3.37. The van der Waals surface area contributed by atoms with Crippen molar-refractivity contribution in [2.45, 2.75) is 13.0 Å². The summed E-state index contributed by atoms with van der Waals surface area (Å²) >= 11 is 0. The molecule has 0 saturated heterocycles. The highest BCUT2D eigenvalue weighted by atomic mass is 16.5. The Balaban J connectivity index is 1.71. The number of carbonyl (C=O) groups excluding carboxylic acids is 2. The summed E-state index contributed by atoms with van der Waals surface area (Å²) in [5, 5.41) is 17.9. The Morgan fingerprint density at radius 2 is 1.56 bits per heavy atom. The van der Waals surface area contributed by atoms with E-state index in [-0.39, 0.29) is 12.3 Å². The van der Waals surface area contributed by atoms with Crippen LogP contribution in [0.5, 0.6) is 0 Å². The fourth-order valence-corrected chi connectivity index (χ4v) is 3.44. The van der Waals surface area contributed by atoms with Gasteiger partial charge in [-0.3, -0.25) is 19.6 Å². The lowest BCUT2D eigenvalue weighted by atomic mass is 9.96. The van der Waals surface area contributed by atoms with Gasteiger partial charge in [-0.25, -0.2) is 5.48 Å². The fourth-order valence-electron chi connectivity index (χ4n) is 3.44. The van der Waals surface area contributed by atoms with Crippen LogP contribution in [0.2, 0.25) is 0 Å². The van der Waals surface area contributed by atoms with E-state index in [0.29, 0.717) is 17.7 Å². The van der Waals surface area contributed by atoms with Gasteiger partial charge in [0.05, 0.1) is 0 Å². The van der Waals surface area contributed by atoms with E-state index in [1.54, 1.807) is 36.2 Å². The van der Waals surface area contributed by atoms with Crippen LogP contribution < -0.4 is 5.48 Å². The predicted molar refractivity (Wildman–Crippen MR) is 119 cm³/mol. The monoisotopic (exact) mass is 432 g/mol. The maximum atomic E-state index is 12.6. The van der Waals surface area contributed by atoms with Gasteiger partial charge in [0, 0.05) is 19.2 Å². The van der Waals surface area contributed by atoms with E-state index in [1.807, 2.05) is 54.6 Å². The molecule has 0 aliphatic carbocycles. The quantitative estimate of drug-likeness (QED) is 0.287. The molecule has 3 aromatic rings. The number of rotatable bonds is 8. The molecule has 0 saturated carbocycles. The second-order valence-electron chi connectivity index (χ2n) is 7.50. The van der Waals surface area contributed by atoms with Crippen LogP contribution in [0.25, 0.3) is 11.1 Å². The van der Waals surface area contributed by atoms with Crippen LogP contribution in [-0.2, 0) is 22.6 Å². The van der Waals surface area contributed by atoms with Crippen molar-refractivity contribution in [3.05, 3.63) is 95.6 Å². The number of benzene rings is 3. The van der Waals surface area contributed by atoms with Crippen molar-refractivity contribution in [3.8, 4) is 11.1 Å². The van der Waals surface area contributed by atoms with Crippen LogP contribution in [0.3, 0.4) is 0 Å². The molecule has 7 nitrogen and oxygen atoms in total. The number of hydrogen-bond donors (Lipinski definition) is 3. The first kappa shape index (κ1) is 22.7. The molecule has 164 valence electrons. The summed E-state index contributed by atoms with van der Waals surface area (Å²) in [4.78, 5) is 37.0. The average molecular weight is 432 g/mol. The SMILES string of the molecule is CN(Cc1cccc(-c2ccc(CC(C(=O)O)C(=O)NO)cc2)c1)C(=O)c1ccccc1. The topological polar surface area (TPSA) is 107 Å². The summed E-state index contributed by atoms with van der Waals surface area (Å²) in [7, 11) is 1.76. The van der Waals surface area contributed by atoms with Gasteiger partial charge in [0.25, 0.3) is 11.8 Å². The maximum Gasteiger partial charge on any atom is 0.316 e. The number of carboxylic acids is 1. The number of carboxylic acid groups (broad SMARTS) is 1. The summed E-state index contributed by atoms with van der Waals surface area (Å²) < 4.78 is 0. The highest BCUT2D eigenvalue weighted by Gasteiger charge is 2.26. The molecule has 0 bridgehead atoms. The van der Waals surface area contributed by atoms with Gasteiger partial charge in [-0.2, -0.15) is 0 Å². The molecule has 3 N–H and O–H groups in total. The van der Waals surface area contributed by atoms with Crippen LogP contribution in [0, 0.1) is 5.92 Å². The summed E-state index contributed by atoms with van der Waals surface area (Å²) in [6.07, 6.45) is -0.0333. The number of carbonyl (C=O) groups is 3. The first-order valence-corrected chi connectivity index (χ1v) is 10.0. The van der Waals surface area contributed by atoms with Gasteiger partial charge in [-0.15, -0.1) is 0 Å². The summed E-state index contributed by atoms with van der Waals surface area (Å²) in [6.45, 7) is 0.455. The van der Waals surface area contributed by atoms with Crippen LogP contribution in [0.15, 0.2) is 78.9 Å². The Kier molecular flexibility index (Phi) is 7.36. The number of hydroxylamine groups is 1. The number of nitrogens with one attached hydrogen (secondary N) is 1. The second kappa shape index (κ2) is 10.4. The molecule has 0 spiro atoms. The summed E-state index contributed by atoms with van der Waals surface area (Å²) in [5.41, 5.74) is 5.55. The van der Waals surface area contributed by atoms with Crippen molar-refractivity contribution in [2.24, 2.45) is 5.92 Å². The first-order valence-electron chi connectivity index (χ1n) is 10.0. The van der Waals surface area contributed by atoms with Gasteiger partial charge in [0.2, 0.25) is 0 Å². The average Bonchev–Trinajstić information content (AvgIpc) is 2.82. The molecule has 0 aromatic heterocycles. The zero-order valence-electron chi connectivity index (χ0n) is 17.6. The highest BCUT2D eigenvalue weighted by Crippen LogP contribution is 2.23. The number of aliphatic carboxylic acids is 1. The third-order valence-corrected chi connectivity index (χ3v) is 5.17. The minimum absolute atomic E-state index is 0.0333. The van der Waals surface area contributed by atoms with Crippen molar-refractivity contribution >= 4 is 17.8 Å². The second-order valence-corrected chi connectivity index (χ2v) is 7.50. The molecular formula is C25H24N2O5. The third kappa shape index (κ3) is 5.59. The molecule has 2 amide bonds. The minimum atomic E-state index is -1.37. The Hall–Kier alpha value is -3.97. The molecule has 3 aromatic carbocycles. The molecule has 0 aliphatic rings. The normalized spacial score (nSPS) is 11.4. The van der Waals surface area contributed by atoms with Crippen LogP contribution in [0.1, 0.15) is 21.5 Å². The Bertz CT molecular complexity index is 1100. The van der Waals surface area contributed by atoms with Gasteiger partial charge in [0.1, 0.15) is 5.92 Å². The van der Waals surface area contributed by atoms with E-state index < -0.39 is 17.8 Å². The highest BCUT2D eigenvalue weighted by molar-refractivity contribution is 5.96. The zero-order valence-corrected chi connectivity index (χ0v) is 17.6. The smallest absolute Gasteiger partial charge is 0.316 e. The summed E-state index contributed by atoms with van der Waals surface area (Å²) in [5.74, 6) is -3.68. The lowest BCUT2D eigenvalue weighted by Crippen LogP contribution is -2.34. The van der Waals surface area contributed by atoms with Crippen LogP contribution >= 0.6 is 0 Å². The molecule has 0 aliphatic heterocycles. The maximum absolute atomic E-state index is 12.6. The fraction of sp³-hybridized carbons (Fsp3) is 0.160. The number of amides is 2. The Morgan fingerprint density at radius 1 is 0.875 bits per heavy atom. The lowest BCUT2D eigenvalue weighted by Gasteiger charge is -2.18. The molecule has 0 radical (unpaired) electrons. The molecule has 0 fully saturated rings. The number of nitrogens with zero attached hydrogens (tertiary/aromatic N) is 1. The van der Waals surface area contributed by atoms with Crippen molar-refractivity contribution in [1.82, 2.24) is 10.4 Å². The molecular weight excluding hydrogens is 408 g/mol. The van der Waals surface area contributed by atoms with Gasteiger partial charge >= 0.3 is 5.97 Å². The van der Waals surface area contributed by atoms with Crippen molar-refractivity contribution in [2.75, 3.05) is 7.05 Å². The molecule has 3 rings (SSSR count). The van der Waals surface area contributed by atoms with E-state index in [2.05, 4.69) is 0 Å². The zero-order chi connectivity index (χ0) is 23.1. The van der Waals surface area contributed by atoms with E-state index in [0.717, 1.165) is 16.7 Å². The van der Waals surface area contributed by atoms with E-state index in [9.17, 15) is 19.5 Å². The van der Waals surface area contributed by atoms with Gasteiger partial charge in [-0.05, 0) is 46.9 Å².